The summed E-state index contributed by atoms with van der Waals surface area (Å²) in [6.07, 6.45) is 1.17. The fourth-order valence-electron chi connectivity index (χ4n) is 2.52. The van der Waals surface area contributed by atoms with Gasteiger partial charge in [-0.1, -0.05) is 0 Å². The number of carbonyl (C=O) groups is 4. The Morgan fingerprint density at radius 3 is 2.52 bits per heavy atom. The van der Waals surface area contributed by atoms with E-state index in [0.29, 0.717) is 12.8 Å². The molecule has 1 heterocycles. The lowest BCUT2D eigenvalue weighted by atomic mass is 9.78. The molecule has 8 nitrogen and oxygen atoms in total. The van der Waals surface area contributed by atoms with Crippen LogP contribution in [-0.2, 0) is 19.2 Å². The minimum absolute atomic E-state index is 0.0117. The Labute approximate surface area is 125 Å². The van der Waals surface area contributed by atoms with Crippen LogP contribution in [0.4, 0.5) is 0 Å². The summed E-state index contributed by atoms with van der Waals surface area (Å²) in [5.41, 5.74) is 10.6. The molecular weight excluding hydrogens is 298 g/mol. The van der Waals surface area contributed by atoms with Gasteiger partial charge in [0.05, 0.1) is 17.2 Å². The van der Waals surface area contributed by atoms with Crippen molar-refractivity contribution in [1.82, 2.24) is 4.90 Å². The SMILES string of the molecule is NC(=O)C1CCC1N1C(=O)CC(SC[C@H](N)C(=O)O)C1=O. The highest BCUT2D eigenvalue weighted by Crippen LogP contribution is 2.37. The number of imide groups is 1. The summed E-state index contributed by atoms with van der Waals surface area (Å²) in [6, 6.07) is -1.52. The van der Waals surface area contributed by atoms with Crippen LogP contribution in [0, 0.1) is 5.92 Å². The molecule has 2 rings (SSSR count). The Morgan fingerprint density at radius 2 is 2.05 bits per heavy atom. The number of amides is 3. The highest BCUT2D eigenvalue weighted by Gasteiger charge is 2.49. The molecule has 0 aromatic heterocycles. The van der Waals surface area contributed by atoms with Crippen molar-refractivity contribution in [2.75, 3.05) is 5.75 Å². The standard InChI is InChI=1S/C12H17N3O5S/c13-6(12(19)20)4-21-8-3-9(16)15(11(8)18)7-2-1-5(7)10(14)17/h5-8H,1-4,13H2,(H2,14,17)(H,19,20)/t5?,6-,7?,8?/m0/s1. The summed E-state index contributed by atoms with van der Waals surface area (Å²) in [5.74, 6) is -2.78. The molecule has 2 aliphatic rings. The predicted octanol–water partition coefficient (Wildman–Crippen LogP) is -1.48. The number of rotatable bonds is 6. The molecule has 5 N–H and O–H groups in total. The average molecular weight is 315 g/mol. The summed E-state index contributed by atoms with van der Waals surface area (Å²) in [5, 5.41) is 8.08. The first kappa shape index (κ1) is 15.8. The van der Waals surface area contributed by atoms with Gasteiger partial charge in [-0.3, -0.25) is 24.1 Å². The minimum atomic E-state index is -1.15. The van der Waals surface area contributed by atoms with Crippen molar-refractivity contribution in [1.29, 1.82) is 0 Å². The predicted molar refractivity (Wildman–Crippen MR) is 74.0 cm³/mol. The quantitative estimate of drug-likeness (QED) is 0.507. The average Bonchev–Trinajstić information content (AvgIpc) is 2.61. The Morgan fingerprint density at radius 1 is 1.38 bits per heavy atom. The van der Waals surface area contributed by atoms with Crippen LogP contribution in [0.25, 0.3) is 0 Å². The molecule has 116 valence electrons. The number of likely N-dealkylation sites (tertiary alicyclic amines) is 1. The van der Waals surface area contributed by atoms with E-state index in [4.69, 9.17) is 16.6 Å². The van der Waals surface area contributed by atoms with E-state index in [0.717, 1.165) is 16.7 Å². The molecule has 0 radical (unpaired) electrons. The number of aliphatic carboxylic acids is 1. The van der Waals surface area contributed by atoms with Gasteiger partial charge >= 0.3 is 5.97 Å². The van der Waals surface area contributed by atoms with E-state index in [1.807, 2.05) is 0 Å². The zero-order valence-corrected chi connectivity index (χ0v) is 12.0. The van der Waals surface area contributed by atoms with Gasteiger partial charge < -0.3 is 16.6 Å². The van der Waals surface area contributed by atoms with E-state index >= 15 is 0 Å². The van der Waals surface area contributed by atoms with E-state index in [9.17, 15) is 19.2 Å². The van der Waals surface area contributed by atoms with Gasteiger partial charge in [0, 0.05) is 12.2 Å². The molecule has 2 fully saturated rings. The molecular formula is C12H17N3O5S. The third-order valence-electron chi connectivity index (χ3n) is 3.87. The van der Waals surface area contributed by atoms with Gasteiger partial charge in [0.1, 0.15) is 6.04 Å². The third-order valence-corrected chi connectivity index (χ3v) is 5.19. The largest absolute Gasteiger partial charge is 0.480 e. The number of nitrogens with two attached hydrogens (primary N) is 2. The van der Waals surface area contributed by atoms with Crippen molar-refractivity contribution in [2.24, 2.45) is 17.4 Å². The van der Waals surface area contributed by atoms with Crippen LogP contribution in [0.15, 0.2) is 0 Å². The lowest BCUT2D eigenvalue weighted by molar-refractivity contribution is -0.147. The van der Waals surface area contributed by atoms with Gasteiger partial charge in [-0.05, 0) is 12.8 Å². The number of hydrogen-bond donors (Lipinski definition) is 3. The smallest absolute Gasteiger partial charge is 0.321 e. The second-order valence-corrected chi connectivity index (χ2v) is 6.46. The molecule has 0 aromatic carbocycles. The monoisotopic (exact) mass is 315 g/mol. The van der Waals surface area contributed by atoms with Crippen molar-refractivity contribution in [2.45, 2.75) is 36.6 Å². The summed E-state index contributed by atoms with van der Waals surface area (Å²) < 4.78 is 0. The van der Waals surface area contributed by atoms with Crippen molar-refractivity contribution in [3.8, 4) is 0 Å². The van der Waals surface area contributed by atoms with Crippen LogP contribution < -0.4 is 11.5 Å². The Bertz CT molecular complexity index is 497. The maximum absolute atomic E-state index is 12.2. The highest BCUT2D eigenvalue weighted by atomic mass is 32.2. The molecule has 1 saturated heterocycles. The zero-order chi connectivity index (χ0) is 15.7. The molecule has 1 aliphatic carbocycles. The van der Waals surface area contributed by atoms with Gasteiger partial charge in [0.15, 0.2) is 0 Å². The van der Waals surface area contributed by atoms with Crippen LogP contribution in [0.5, 0.6) is 0 Å². The molecule has 1 aliphatic heterocycles. The normalized spacial score (nSPS) is 30.1. The van der Waals surface area contributed by atoms with Crippen LogP contribution in [0.1, 0.15) is 19.3 Å². The van der Waals surface area contributed by atoms with E-state index in [1.54, 1.807) is 0 Å². The van der Waals surface area contributed by atoms with Crippen molar-refractivity contribution in [3.63, 3.8) is 0 Å². The maximum Gasteiger partial charge on any atom is 0.321 e. The summed E-state index contributed by atoms with van der Waals surface area (Å²) in [7, 11) is 0. The maximum atomic E-state index is 12.2. The lowest BCUT2D eigenvalue weighted by Crippen LogP contribution is -2.54. The second-order valence-electron chi connectivity index (χ2n) is 5.23. The van der Waals surface area contributed by atoms with Crippen LogP contribution in [0.2, 0.25) is 0 Å². The van der Waals surface area contributed by atoms with E-state index in [-0.39, 0.29) is 24.0 Å². The fraction of sp³-hybridized carbons (Fsp3) is 0.667. The number of nitrogens with zero attached hydrogens (tertiary/aromatic N) is 1. The van der Waals surface area contributed by atoms with Crippen LogP contribution >= 0.6 is 11.8 Å². The highest BCUT2D eigenvalue weighted by molar-refractivity contribution is 8.00. The van der Waals surface area contributed by atoms with Gasteiger partial charge in [-0.15, -0.1) is 11.8 Å². The molecule has 4 atom stereocenters. The minimum Gasteiger partial charge on any atom is -0.480 e. The number of carbonyl (C=O) groups excluding carboxylic acids is 3. The third kappa shape index (κ3) is 3.03. The lowest BCUT2D eigenvalue weighted by Gasteiger charge is -2.39. The summed E-state index contributed by atoms with van der Waals surface area (Å²) in [4.78, 5) is 47.2. The van der Waals surface area contributed by atoms with Crippen LogP contribution in [0.3, 0.4) is 0 Å². The molecule has 3 amide bonds. The van der Waals surface area contributed by atoms with Gasteiger partial charge in [-0.2, -0.15) is 0 Å². The first-order valence-corrected chi connectivity index (χ1v) is 7.63. The summed E-state index contributed by atoms with van der Waals surface area (Å²) in [6.45, 7) is 0. The number of hydrogen-bond acceptors (Lipinski definition) is 6. The van der Waals surface area contributed by atoms with Crippen molar-refractivity contribution < 1.29 is 24.3 Å². The first-order chi connectivity index (χ1) is 9.82. The molecule has 0 aromatic rings. The topological polar surface area (TPSA) is 144 Å². The number of carboxylic acid groups (broad SMARTS) is 1. The number of carboxylic acids is 1. The van der Waals surface area contributed by atoms with E-state index in [2.05, 4.69) is 0 Å². The molecule has 9 heteroatoms. The van der Waals surface area contributed by atoms with Crippen molar-refractivity contribution in [3.05, 3.63) is 0 Å². The fourth-order valence-corrected chi connectivity index (χ4v) is 3.61. The van der Waals surface area contributed by atoms with Crippen LogP contribution in [-0.4, -0.2) is 56.8 Å². The molecule has 21 heavy (non-hydrogen) atoms. The first-order valence-electron chi connectivity index (χ1n) is 6.58. The Balaban J connectivity index is 1.97. The van der Waals surface area contributed by atoms with E-state index < -0.39 is 35.1 Å². The van der Waals surface area contributed by atoms with Gasteiger partial charge in [0.2, 0.25) is 17.7 Å². The Kier molecular flexibility index (Phi) is 4.52. The molecule has 1 saturated carbocycles. The molecule has 0 spiro atoms. The number of primary amides is 1. The molecule has 3 unspecified atom stereocenters. The zero-order valence-electron chi connectivity index (χ0n) is 11.2. The second kappa shape index (κ2) is 6.02. The number of thioether (sulfide) groups is 1. The molecule has 0 bridgehead atoms. The van der Waals surface area contributed by atoms with Gasteiger partial charge in [-0.25, -0.2) is 0 Å². The Hall–Kier alpha value is -1.61. The summed E-state index contributed by atoms with van der Waals surface area (Å²) >= 11 is 1.06. The van der Waals surface area contributed by atoms with E-state index in [1.165, 1.54) is 0 Å². The van der Waals surface area contributed by atoms with Gasteiger partial charge in [0.25, 0.3) is 0 Å². The van der Waals surface area contributed by atoms with Crippen molar-refractivity contribution >= 4 is 35.5 Å².